The number of amides is 1. The maximum Gasteiger partial charge on any atom is 0.244 e. The van der Waals surface area contributed by atoms with Gasteiger partial charge in [0, 0.05) is 35.6 Å². The third-order valence-electron chi connectivity index (χ3n) is 5.65. The van der Waals surface area contributed by atoms with Gasteiger partial charge in [0.1, 0.15) is 17.3 Å². The lowest BCUT2D eigenvalue weighted by Gasteiger charge is -2.16. The molecular formula is C22H16N10O. The number of nitrogens with one attached hydrogen (secondary N) is 2. The lowest BCUT2D eigenvalue weighted by molar-refractivity contribution is -0.119. The van der Waals surface area contributed by atoms with Crippen LogP contribution in [-0.4, -0.2) is 41.0 Å². The zero-order chi connectivity index (χ0) is 22.5. The van der Waals surface area contributed by atoms with Gasteiger partial charge in [-0.3, -0.25) is 19.9 Å². The van der Waals surface area contributed by atoms with Gasteiger partial charge in [-0.25, -0.2) is 20.8 Å². The second-order valence-corrected chi connectivity index (χ2v) is 7.89. The summed E-state index contributed by atoms with van der Waals surface area (Å²) in [5.74, 6) is 6.43. The summed E-state index contributed by atoms with van der Waals surface area (Å²) in [6.45, 7) is 0. The van der Waals surface area contributed by atoms with E-state index in [9.17, 15) is 10.1 Å². The molecule has 5 aromatic heterocycles. The van der Waals surface area contributed by atoms with Gasteiger partial charge >= 0.3 is 0 Å². The molecule has 33 heavy (non-hydrogen) atoms. The van der Waals surface area contributed by atoms with Crippen LogP contribution in [0.4, 0.5) is 5.69 Å². The number of hydrogen-bond acceptors (Lipinski definition) is 8. The van der Waals surface area contributed by atoms with Gasteiger partial charge in [0.05, 0.1) is 34.5 Å². The first-order valence-corrected chi connectivity index (χ1v) is 10.2. The van der Waals surface area contributed by atoms with Crippen LogP contribution in [-0.2, 0) is 4.79 Å². The quantitative estimate of drug-likeness (QED) is 0.219. The summed E-state index contributed by atoms with van der Waals surface area (Å²) in [5.41, 5.74) is 4.76. The van der Waals surface area contributed by atoms with Crippen molar-refractivity contribution in [2.75, 3.05) is 5.01 Å². The summed E-state index contributed by atoms with van der Waals surface area (Å²) in [4.78, 5) is 32.9. The van der Waals surface area contributed by atoms with Crippen molar-refractivity contribution in [2.24, 2.45) is 11.8 Å². The van der Waals surface area contributed by atoms with Crippen LogP contribution in [0.3, 0.4) is 0 Å². The monoisotopic (exact) mass is 436 g/mol. The Morgan fingerprint density at radius 2 is 1.94 bits per heavy atom. The molecular weight excluding hydrogens is 420 g/mol. The average Bonchev–Trinajstić information content (AvgIpc) is 3.48. The summed E-state index contributed by atoms with van der Waals surface area (Å²) < 4.78 is 0. The molecule has 1 aliphatic carbocycles. The Labute approximate surface area is 186 Å². The average molecular weight is 436 g/mol. The second-order valence-electron chi connectivity index (χ2n) is 7.89. The highest BCUT2D eigenvalue weighted by atomic mass is 16.2. The van der Waals surface area contributed by atoms with Crippen molar-refractivity contribution in [2.45, 2.75) is 12.8 Å². The third-order valence-corrected chi connectivity index (χ3v) is 5.65. The number of nitriles is 1. The molecule has 1 saturated carbocycles. The van der Waals surface area contributed by atoms with Crippen LogP contribution >= 0.6 is 0 Å². The van der Waals surface area contributed by atoms with Crippen LogP contribution in [0.15, 0.2) is 43.1 Å². The number of hydrazine groups is 1. The Bertz CT molecular complexity index is 1590. The van der Waals surface area contributed by atoms with Crippen molar-refractivity contribution in [1.82, 2.24) is 35.1 Å². The van der Waals surface area contributed by atoms with Crippen molar-refractivity contribution >= 4 is 33.7 Å². The molecule has 4 N–H and O–H groups in total. The first-order valence-electron chi connectivity index (χ1n) is 10.2. The van der Waals surface area contributed by atoms with Gasteiger partial charge in [-0.2, -0.15) is 10.4 Å². The van der Waals surface area contributed by atoms with E-state index < -0.39 is 0 Å². The number of imidazole rings is 1. The summed E-state index contributed by atoms with van der Waals surface area (Å²) in [6, 6.07) is 5.83. The highest BCUT2D eigenvalue weighted by molar-refractivity contribution is 5.96. The third kappa shape index (κ3) is 3.17. The molecule has 5 heterocycles. The number of fused-ring (bicyclic) bond motifs is 2. The second kappa shape index (κ2) is 7.18. The zero-order valence-electron chi connectivity index (χ0n) is 17.1. The van der Waals surface area contributed by atoms with Gasteiger partial charge < -0.3 is 4.98 Å². The van der Waals surface area contributed by atoms with Gasteiger partial charge in [0.25, 0.3) is 0 Å². The Hall–Kier alpha value is -4.69. The van der Waals surface area contributed by atoms with Gasteiger partial charge in [-0.1, -0.05) is 0 Å². The van der Waals surface area contributed by atoms with Crippen molar-refractivity contribution in [3.63, 3.8) is 0 Å². The van der Waals surface area contributed by atoms with Crippen LogP contribution in [0, 0.1) is 17.2 Å². The van der Waals surface area contributed by atoms with Crippen molar-refractivity contribution in [3.05, 3.63) is 48.7 Å². The summed E-state index contributed by atoms with van der Waals surface area (Å²) in [5, 5.41) is 18.5. The number of H-pyrrole nitrogens is 2. The lowest BCUT2D eigenvalue weighted by Crippen LogP contribution is -2.38. The normalized spacial score (nSPS) is 13.3. The number of hydrogen-bond donors (Lipinski definition) is 3. The van der Waals surface area contributed by atoms with Crippen LogP contribution in [0.2, 0.25) is 0 Å². The van der Waals surface area contributed by atoms with E-state index in [0.717, 1.165) is 29.4 Å². The molecule has 5 aromatic rings. The predicted molar refractivity (Wildman–Crippen MR) is 119 cm³/mol. The zero-order valence-corrected chi connectivity index (χ0v) is 17.1. The molecule has 0 saturated heterocycles. The first kappa shape index (κ1) is 19.0. The number of anilines is 1. The Kier molecular flexibility index (Phi) is 4.14. The molecule has 6 rings (SSSR count). The molecule has 0 aromatic carbocycles. The number of carbonyl (C=O) groups is 1. The number of aromatic nitrogens is 7. The van der Waals surface area contributed by atoms with E-state index in [0.29, 0.717) is 39.4 Å². The largest absolute Gasteiger partial charge is 0.335 e. The van der Waals surface area contributed by atoms with E-state index in [1.165, 1.54) is 11.2 Å². The maximum absolute atomic E-state index is 12.3. The highest BCUT2D eigenvalue weighted by Gasteiger charge is 2.33. The minimum absolute atomic E-state index is 0.00530. The predicted octanol–water partition coefficient (Wildman–Crippen LogP) is 2.45. The molecule has 1 aliphatic rings. The summed E-state index contributed by atoms with van der Waals surface area (Å²) in [6.07, 6.45) is 9.79. The molecule has 11 heteroatoms. The molecule has 0 atom stereocenters. The van der Waals surface area contributed by atoms with Gasteiger partial charge in [0.15, 0.2) is 11.5 Å². The van der Waals surface area contributed by atoms with E-state index in [1.807, 2.05) is 12.1 Å². The van der Waals surface area contributed by atoms with Crippen molar-refractivity contribution in [3.8, 4) is 28.7 Å². The van der Waals surface area contributed by atoms with Gasteiger partial charge in [-0.15, -0.1) is 0 Å². The van der Waals surface area contributed by atoms with E-state index >= 15 is 0 Å². The molecule has 1 fully saturated rings. The molecule has 0 spiro atoms. The van der Waals surface area contributed by atoms with Crippen LogP contribution in [0.5, 0.6) is 0 Å². The van der Waals surface area contributed by atoms with Gasteiger partial charge in [-0.05, 0) is 25.0 Å². The van der Waals surface area contributed by atoms with E-state index in [1.54, 1.807) is 24.8 Å². The molecule has 0 aliphatic heterocycles. The number of nitrogens with two attached hydrogens (primary N) is 1. The topological polar surface area (TPSA) is 166 Å². The number of pyridine rings is 3. The SMILES string of the molecule is N#Cc1cncc2[nH]c(-c3n[nH]c4ncc(-c5cncc(N(N)C(=O)C6CC6)c5)cc34)nc12. The summed E-state index contributed by atoms with van der Waals surface area (Å²) in [7, 11) is 0. The van der Waals surface area contributed by atoms with Crippen molar-refractivity contribution < 1.29 is 4.79 Å². The summed E-state index contributed by atoms with van der Waals surface area (Å²) >= 11 is 0. The molecule has 160 valence electrons. The van der Waals surface area contributed by atoms with Crippen LogP contribution in [0.1, 0.15) is 18.4 Å². The fraction of sp³-hybridized carbons (Fsp3) is 0.136. The lowest BCUT2D eigenvalue weighted by atomic mass is 10.1. The number of carbonyl (C=O) groups excluding carboxylic acids is 1. The number of nitrogens with zero attached hydrogens (tertiary/aromatic N) is 7. The Morgan fingerprint density at radius 3 is 2.76 bits per heavy atom. The van der Waals surface area contributed by atoms with Crippen LogP contribution in [0.25, 0.3) is 44.7 Å². The van der Waals surface area contributed by atoms with Crippen molar-refractivity contribution in [1.29, 1.82) is 5.26 Å². The van der Waals surface area contributed by atoms with Gasteiger partial charge in [0.2, 0.25) is 5.91 Å². The minimum Gasteiger partial charge on any atom is -0.335 e. The Balaban J connectivity index is 1.42. The highest BCUT2D eigenvalue weighted by Crippen LogP contribution is 2.33. The number of rotatable bonds is 4. The molecule has 0 bridgehead atoms. The van der Waals surface area contributed by atoms with E-state index in [4.69, 9.17) is 5.84 Å². The number of aromatic amines is 2. The molecule has 0 unspecified atom stereocenters. The van der Waals surface area contributed by atoms with E-state index in [-0.39, 0.29) is 11.8 Å². The fourth-order valence-corrected chi connectivity index (χ4v) is 3.74. The molecule has 11 nitrogen and oxygen atoms in total. The first-order chi connectivity index (χ1) is 16.1. The smallest absolute Gasteiger partial charge is 0.244 e. The molecule has 1 amide bonds. The minimum atomic E-state index is -0.101. The Morgan fingerprint density at radius 1 is 1.12 bits per heavy atom. The maximum atomic E-state index is 12.3. The fourth-order valence-electron chi connectivity index (χ4n) is 3.74. The van der Waals surface area contributed by atoms with E-state index in [2.05, 4.69) is 41.2 Å². The molecule has 0 radical (unpaired) electrons. The van der Waals surface area contributed by atoms with Crippen LogP contribution < -0.4 is 10.9 Å². The standard InChI is InChI=1S/C22H16N10O/c23-5-14-7-26-10-17-18(14)29-21(28-17)19-16-4-13(8-27-20(16)31-30-19)12-3-15(9-25-6-12)32(24)22(33)11-1-2-11/h3-4,6-11H,1-2,24H2,(H,28,29)(H,27,30,31).